The molecule has 4 nitrogen and oxygen atoms in total. The Labute approximate surface area is 129 Å². The van der Waals surface area contributed by atoms with Gasteiger partial charge >= 0.3 is 0 Å². The number of aliphatic hydroxyl groups is 1. The first-order chi connectivity index (χ1) is 10.4. The van der Waals surface area contributed by atoms with Gasteiger partial charge in [0, 0.05) is 12.1 Å². The third-order valence-electron chi connectivity index (χ3n) is 3.35. The van der Waals surface area contributed by atoms with E-state index in [9.17, 15) is 17.9 Å². The van der Waals surface area contributed by atoms with E-state index in [0.717, 1.165) is 5.56 Å². The van der Waals surface area contributed by atoms with Gasteiger partial charge < -0.3 is 5.11 Å². The summed E-state index contributed by atoms with van der Waals surface area (Å²) < 4.78 is 39.8. The quantitative estimate of drug-likeness (QED) is 0.857. The summed E-state index contributed by atoms with van der Waals surface area (Å²) in [4.78, 5) is 0. The lowest BCUT2D eigenvalue weighted by atomic mass is 10.0. The summed E-state index contributed by atoms with van der Waals surface area (Å²) in [7, 11) is -3.72. The maximum Gasteiger partial charge on any atom is 0.215 e. The second kappa shape index (κ2) is 7.00. The van der Waals surface area contributed by atoms with Gasteiger partial charge in [-0.25, -0.2) is 17.5 Å². The van der Waals surface area contributed by atoms with Crippen molar-refractivity contribution in [2.75, 3.05) is 6.54 Å². The van der Waals surface area contributed by atoms with E-state index in [1.165, 1.54) is 18.2 Å². The molecule has 2 rings (SSSR count). The van der Waals surface area contributed by atoms with E-state index in [-0.39, 0.29) is 12.1 Å². The van der Waals surface area contributed by atoms with Crippen molar-refractivity contribution >= 4 is 10.0 Å². The van der Waals surface area contributed by atoms with Crippen LogP contribution in [-0.4, -0.2) is 20.1 Å². The third kappa shape index (κ3) is 4.37. The van der Waals surface area contributed by atoms with Crippen molar-refractivity contribution < 1.29 is 17.9 Å². The molecule has 0 unspecified atom stereocenters. The highest BCUT2D eigenvalue weighted by Crippen LogP contribution is 2.17. The van der Waals surface area contributed by atoms with Crippen molar-refractivity contribution in [2.24, 2.45) is 0 Å². The molecule has 0 bridgehead atoms. The molecule has 2 N–H and O–H groups in total. The molecule has 0 aliphatic heterocycles. The van der Waals surface area contributed by atoms with Crippen LogP contribution >= 0.6 is 0 Å². The SMILES string of the molecule is Cc1ccccc1[C@H](O)CNS(=O)(=O)Cc1ccccc1F. The molecular formula is C16H18FNO3S. The molecule has 0 spiro atoms. The predicted octanol–water partition coefficient (Wildman–Crippen LogP) is 2.29. The van der Waals surface area contributed by atoms with E-state index in [4.69, 9.17) is 0 Å². The molecule has 118 valence electrons. The number of nitrogens with one attached hydrogen (secondary N) is 1. The predicted molar refractivity (Wildman–Crippen MR) is 83.2 cm³/mol. The second-order valence-corrected chi connectivity index (χ2v) is 6.88. The topological polar surface area (TPSA) is 66.4 Å². The minimum absolute atomic E-state index is 0.0976. The highest BCUT2D eigenvalue weighted by Gasteiger charge is 2.17. The van der Waals surface area contributed by atoms with Crippen LogP contribution in [0, 0.1) is 12.7 Å². The van der Waals surface area contributed by atoms with E-state index < -0.39 is 27.7 Å². The highest BCUT2D eigenvalue weighted by molar-refractivity contribution is 7.88. The smallest absolute Gasteiger partial charge is 0.215 e. The van der Waals surface area contributed by atoms with Gasteiger partial charge in [-0.05, 0) is 24.1 Å². The second-order valence-electron chi connectivity index (χ2n) is 5.07. The van der Waals surface area contributed by atoms with Crippen LogP contribution in [0.2, 0.25) is 0 Å². The van der Waals surface area contributed by atoms with Crippen LogP contribution in [0.4, 0.5) is 4.39 Å². The van der Waals surface area contributed by atoms with Gasteiger partial charge in [-0.2, -0.15) is 0 Å². The average molecular weight is 323 g/mol. The Morgan fingerprint density at radius 1 is 1.14 bits per heavy atom. The van der Waals surface area contributed by atoms with Crippen LogP contribution in [-0.2, 0) is 15.8 Å². The molecular weight excluding hydrogens is 305 g/mol. The first-order valence-corrected chi connectivity index (χ1v) is 8.48. The van der Waals surface area contributed by atoms with Crippen molar-refractivity contribution in [2.45, 2.75) is 18.8 Å². The number of aryl methyl sites for hydroxylation is 1. The van der Waals surface area contributed by atoms with Gasteiger partial charge in [0.2, 0.25) is 10.0 Å². The standard InChI is InChI=1S/C16H18FNO3S/c1-12-6-2-4-8-14(12)16(19)10-18-22(20,21)11-13-7-3-5-9-15(13)17/h2-9,16,18-19H,10-11H2,1H3/t16-/m1/s1. The Balaban J connectivity index is 2.01. The maximum absolute atomic E-state index is 13.5. The molecule has 0 fully saturated rings. The first kappa shape index (κ1) is 16.6. The summed E-state index contributed by atoms with van der Waals surface area (Å²) in [5.74, 6) is -1.02. The van der Waals surface area contributed by atoms with Crippen LogP contribution in [0.5, 0.6) is 0 Å². The largest absolute Gasteiger partial charge is 0.387 e. The minimum atomic E-state index is -3.72. The molecule has 0 saturated carbocycles. The Morgan fingerprint density at radius 3 is 2.45 bits per heavy atom. The van der Waals surface area contributed by atoms with Crippen LogP contribution in [0.1, 0.15) is 22.8 Å². The Morgan fingerprint density at radius 2 is 1.77 bits per heavy atom. The Kier molecular flexibility index (Phi) is 5.28. The summed E-state index contributed by atoms with van der Waals surface area (Å²) in [5.41, 5.74) is 1.64. The van der Waals surface area contributed by atoms with E-state index in [1.807, 2.05) is 19.1 Å². The normalized spacial score (nSPS) is 13.0. The minimum Gasteiger partial charge on any atom is -0.387 e. The fraction of sp³-hybridized carbons (Fsp3) is 0.250. The highest BCUT2D eigenvalue weighted by atomic mass is 32.2. The van der Waals surface area contributed by atoms with Gasteiger partial charge in [-0.15, -0.1) is 0 Å². The fourth-order valence-electron chi connectivity index (χ4n) is 2.15. The third-order valence-corrected chi connectivity index (χ3v) is 4.64. The number of hydrogen-bond donors (Lipinski definition) is 2. The summed E-state index contributed by atoms with van der Waals surface area (Å²) in [6, 6.07) is 12.9. The van der Waals surface area contributed by atoms with Gasteiger partial charge in [0.25, 0.3) is 0 Å². The zero-order valence-electron chi connectivity index (χ0n) is 12.2. The molecule has 22 heavy (non-hydrogen) atoms. The number of halogens is 1. The van der Waals surface area contributed by atoms with Crippen LogP contribution < -0.4 is 4.72 Å². The molecule has 0 aliphatic carbocycles. The van der Waals surface area contributed by atoms with Crippen LogP contribution in [0.15, 0.2) is 48.5 Å². The summed E-state index contributed by atoms with van der Waals surface area (Å²) in [5, 5.41) is 10.1. The van der Waals surface area contributed by atoms with E-state index in [2.05, 4.69) is 4.72 Å². The zero-order chi connectivity index (χ0) is 16.2. The van der Waals surface area contributed by atoms with Gasteiger partial charge in [0.1, 0.15) is 5.82 Å². The van der Waals surface area contributed by atoms with Gasteiger partial charge in [-0.1, -0.05) is 42.5 Å². The maximum atomic E-state index is 13.5. The Hall–Kier alpha value is -1.76. The lowest BCUT2D eigenvalue weighted by molar-refractivity contribution is 0.181. The molecule has 0 aliphatic rings. The van der Waals surface area contributed by atoms with Crippen molar-refractivity contribution in [3.63, 3.8) is 0 Å². The van der Waals surface area contributed by atoms with Crippen LogP contribution in [0.3, 0.4) is 0 Å². The number of aliphatic hydroxyl groups excluding tert-OH is 1. The molecule has 2 aromatic carbocycles. The van der Waals surface area contributed by atoms with Crippen molar-refractivity contribution in [1.29, 1.82) is 0 Å². The van der Waals surface area contributed by atoms with Gasteiger partial charge in [0.15, 0.2) is 0 Å². The molecule has 0 radical (unpaired) electrons. The summed E-state index contributed by atoms with van der Waals surface area (Å²) in [6.07, 6.45) is -0.948. The number of hydrogen-bond acceptors (Lipinski definition) is 3. The van der Waals surface area contributed by atoms with E-state index in [1.54, 1.807) is 18.2 Å². The van der Waals surface area contributed by atoms with Gasteiger partial charge in [0.05, 0.1) is 11.9 Å². The van der Waals surface area contributed by atoms with Crippen molar-refractivity contribution in [3.05, 3.63) is 71.0 Å². The number of benzene rings is 2. The van der Waals surface area contributed by atoms with Crippen molar-refractivity contribution in [1.82, 2.24) is 4.72 Å². The zero-order valence-corrected chi connectivity index (χ0v) is 13.0. The summed E-state index contributed by atoms with van der Waals surface area (Å²) >= 11 is 0. The van der Waals surface area contributed by atoms with E-state index >= 15 is 0 Å². The van der Waals surface area contributed by atoms with E-state index in [0.29, 0.717) is 5.56 Å². The van der Waals surface area contributed by atoms with Crippen LogP contribution in [0.25, 0.3) is 0 Å². The summed E-state index contributed by atoms with van der Waals surface area (Å²) in [6.45, 7) is 1.69. The molecule has 0 saturated heterocycles. The molecule has 0 aromatic heterocycles. The fourth-order valence-corrected chi connectivity index (χ4v) is 3.31. The monoisotopic (exact) mass is 323 g/mol. The average Bonchev–Trinajstić information content (AvgIpc) is 2.48. The lowest BCUT2D eigenvalue weighted by Gasteiger charge is -2.15. The molecule has 1 atom stereocenters. The van der Waals surface area contributed by atoms with Crippen molar-refractivity contribution in [3.8, 4) is 0 Å². The lowest BCUT2D eigenvalue weighted by Crippen LogP contribution is -2.30. The number of sulfonamides is 1. The first-order valence-electron chi connectivity index (χ1n) is 6.83. The molecule has 6 heteroatoms. The Bertz CT molecular complexity index is 747. The number of rotatable bonds is 6. The molecule has 0 amide bonds. The molecule has 0 heterocycles. The molecule has 2 aromatic rings. The van der Waals surface area contributed by atoms with Gasteiger partial charge in [-0.3, -0.25) is 0 Å².